The zero-order chi connectivity index (χ0) is 23.2. The number of aromatic nitrogens is 1. The predicted molar refractivity (Wildman–Crippen MR) is 118 cm³/mol. The third-order valence-corrected chi connectivity index (χ3v) is 4.69. The second kappa shape index (κ2) is 10.6. The molecule has 2 amide bonds. The normalized spacial score (nSPS) is 16.9. The van der Waals surface area contributed by atoms with E-state index in [1.165, 1.54) is 12.1 Å². The van der Waals surface area contributed by atoms with Crippen LogP contribution in [0, 0.1) is 0 Å². The monoisotopic (exact) mass is 460 g/mol. The van der Waals surface area contributed by atoms with Gasteiger partial charge in [-0.1, -0.05) is 24.0 Å². The molecule has 1 unspecified atom stereocenters. The minimum atomic E-state index is -4.40. The first-order valence-electron chi connectivity index (χ1n) is 9.50. The van der Waals surface area contributed by atoms with Crippen molar-refractivity contribution >= 4 is 38.4 Å². The van der Waals surface area contributed by atoms with E-state index in [9.17, 15) is 18.0 Å². The number of anilines is 2. The molecule has 0 aliphatic carbocycles. The Labute approximate surface area is 182 Å². The summed E-state index contributed by atoms with van der Waals surface area (Å²) in [4.78, 5) is 20.4. The summed E-state index contributed by atoms with van der Waals surface area (Å²) in [5.41, 5.74) is -0.440. The van der Waals surface area contributed by atoms with Crippen molar-refractivity contribution in [1.29, 1.82) is 0 Å². The van der Waals surface area contributed by atoms with Gasteiger partial charge >= 0.3 is 12.2 Å². The maximum atomic E-state index is 12.6. The zero-order valence-electron chi connectivity index (χ0n) is 17.3. The number of rotatable bonds is 2. The van der Waals surface area contributed by atoms with Crippen LogP contribution in [-0.4, -0.2) is 41.6 Å². The van der Waals surface area contributed by atoms with Crippen LogP contribution in [-0.2, 0) is 6.18 Å². The van der Waals surface area contributed by atoms with Crippen LogP contribution in [0.2, 0.25) is 5.02 Å². The van der Waals surface area contributed by atoms with Gasteiger partial charge in [-0.2, -0.15) is 13.2 Å². The highest BCUT2D eigenvalue weighted by Crippen LogP contribution is 2.30. The first-order valence-corrected chi connectivity index (χ1v) is 9.96. The minimum absolute atomic E-state index is 0.119. The number of alkyl halides is 3. The first kappa shape index (κ1) is 22.4. The predicted octanol–water partition coefficient (Wildman–Crippen LogP) is 5.50. The lowest BCUT2D eigenvalue weighted by Gasteiger charge is -2.40. The molecule has 1 saturated heterocycles. The molecule has 0 spiro atoms. The lowest BCUT2D eigenvalue weighted by Crippen LogP contribution is -2.55. The van der Waals surface area contributed by atoms with E-state index >= 15 is 0 Å². The summed E-state index contributed by atoms with van der Waals surface area (Å²) in [6.07, 6.45) is -2.74. The lowest BCUT2D eigenvalue weighted by atomic mass is 10.2. The van der Waals surface area contributed by atoms with Crippen molar-refractivity contribution in [3.63, 3.8) is 0 Å². The van der Waals surface area contributed by atoms with Crippen molar-refractivity contribution < 1.29 is 19.3 Å². The van der Waals surface area contributed by atoms with Crippen molar-refractivity contribution in [3.8, 4) is 0 Å². The Morgan fingerprint density at radius 1 is 1.37 bits per heavy atom. The number of amides is 2. The van der Waals surface area contributed by atoms with E-state index in [2.05, 4.69) is 26.1 Å². The van der Waals surface area contributed by atoms with E-state index in [1.807, 2.05) is 11.8 Å². The average Bonchev–Trinajstić information content (AvgIpc) is 2.67. The summed E-state index contributed by atoms with van der Waals surface area (Å²) in [6.45, 7) is 6.64. The van der Waals surface area contributed by atoms with Gasteiger partial charge in [0.05, 0.1) is 12.0 Å². The maximum absolute atomic E-state index is 12.6. The van der Waals surface area contributed by atoms with Gasteiger partial charge in [-0.3, -0.25) is 0 Å². The van der Waals surface area contributed by atoms with Crippen LogP contribution in [0.25, 0.3) is 0 Å². The number of carbonyl (C=O) groups excluding carboxylic acids is 1. The highest BCUT2D eigenvalue weighted by Gasteiger charge is 2.31. The standard InChI is InChI=1S/C18H18ClF3N4O.C2H5P/c1-12-11-25(16-15(19)3-2-8-23-16)9-10-26(12)17(27)24-14-6-4-13(5-7-14)18(20,21)22;1-2-3/h2-8,12H,9-11H2,1H3,(H,24,27);2H,1,3H2/t12-;/m1./s1/i;2T. The van der Waals surface area contributed by atoms with Gasteiger partial charge in [0.15, 0.2) is 0 Å². The highest BCUT2D eigenvalue weighted by molar-refractivity contribution is 7.20. The van der Waals surface area contributed by atoms with Gasteiger partial charge in [-0.15, -0.1) is 9.24 Å². The van der Waals surface area contributed by atoms with Crippen LogP contribution >= 0.6 is 20.8 Å². The Morgan fingerprint density at radius 3 is 2.53 bits per heavy atom. The number of halogens is 4. The van der Waals surface area contributed by atoms with Crippen LogP contribution in [0.1, 0.15) is 13.9 Å². The molecule has 10 heteroatoms. The molecule has 2 heterocycles. The van der Waals surface area contributed by atoms with Crippen LogP contribution < -0.4 is 10.2 Å². The first-order chi connectivity index (χ1) is 14.5. The van der Waals surface area contributed by atoms with Crippen LogP contribution in [0.5, 0.6) is 0 Å². The van der Waals surface area contributed by atoms with Crippen molar-refractivity contribution in [2.75, 3.05) is 29.9 Å². The minimum Gasteiger partial charge on any atom is -0.352 e. The lowest BCUT2D eigenvalue weighted by molar-refractivity contribution is -0.137. The molecule has 1 fully saturated rings. The number of benzene rings is 1. The number of urea groups is 1. The average molecular weight is 461 g/mol. The number of piperazine rings is 1. The Hall–Kier alpha value is -2.31. The third-order valence-electron chi connectivity index (χ3n) is 4.39. The van der Waals surface area contributed by atoms with E-state index in [0.717, 1.165) is 12.1 Å². The van der Waals surface area contributed by atoms with Crippen LogP contribution in [0.15, 0.2) is 55.0 Å². The summed E-state index contributed by atoms with van der Waals surface area (Å²) in [6, 6.07) is 7.42. The summed E-state index contributed by atoms with van der Waals surface area (Å²) in [5.74, 6) is 1.01. The van der Waals surface area contributed by atoms with E-state index in [1.54, 1.807) is 23.2 Å². The molecular weight excluding hydrogens is 436 g/mol. The number of nitrogens with zero attached hydrogens (tertiary/aromatic N) is 3. The molecule has 0 saturated carbocycles. The van der Waals surface area contributed by atoms with E-state index < -0.39 is 11.7 Å². The molecule has 1 aliphatic heterocycles. The molecule has 1 aromatic heterocycles. The molecule has 162 valence electrons. The Bertz CT molecular complexity index is 910. The molecule has 2 aromatic rings. The Morgan fingerprint density at radius 2 is 2.00 bits per heavy atom. The summed E-state index contributed by atoms with van der Waals surface area (Å²) < 4.78 is 44.2. The number of hydrogen-bond donors (Lipinski definition) is 1. The maximum Gasteiger partial charge on any atom is 0.416 e. The topological polar surface area (TPSA) is 48.5 Å². The SMILES string of the molecule is C[C@@H]1CN(c2ncccc2Cl)CCN1C(=O)Nc1ccc(C(F)(F)F)cc1.[3H]C(=C)P. The molecule has 2 atom stereocenters. The fraction of sp³-hybridized carbons (Fsp3) is 0.300. The molecular formula is C20H23ClF3N4OP. The van der Waals surface area contributed by atoms with E-state index in [0.29, 0.717) is 42.0 Å². The van der Waals surface area contributed by atoms with Crippen LogP contribution in [0.4, 0.5) is 29.5 Å². The number of pyridine rings is 1. The largest absolute Gasteiger partial charge is 0.416 e. The van der Waals surface area contributed by atoms with E-state index in [-0.39, 0.29) is 12.1 Å². The van der Waals surface area contributed by atoms with Gasteiger partial charge in [0, 0.05) is 37.6 Å². The summed E-state index contributed by atoms with van der Waals surface area (Å²) >= 11 is 6.18. The smallest absolute Gasteiger partial charge is 0.352 e. The molecule has 1 aliphatic rings. The Kier molecular flexibility index (Phi) is 7.94. The number of hydrogen-bond acceptors (Lipinski definition) is 3. The van der Waals surface area contributed by atoms with Crippen molar-refractivity contribution in [3.05, 3.63) is 65.6 Å². The second-order valence-corrected chi connectivity index (χ2v) is 7.32. The van der Waals surface area contributed by atoms with Gasteiger partial charge in [-0.05, 0) is 43.3 Å². The quantitative estimate of drug-likeness (QED) is 0.602. The molecule has 1 aromatic carbocycles. The van der Waals surface area contributed by atoms with Crippen molar-refractivity contribution in [2.24, 2.45) is 0 Å². The van der Waals surface area contributed by atoms with Gasteiger partial charge in [-0.25, -0.2) is 9.78 Å². The van der Waals surface area contributed by atoms with Gasteiger partial charge in [0.25, 0.3) is 0 Å². The molecule has 0 bridgehead atoms. The van der Waals surface area contributed by atoms with Gasteiger partial charge < -0.3 is 15.1 Å². The number of nitrogens with one attached hydrogen (secondary N) is 1. The van der Waals surface area contributed by atoms with Crippen molar-refractivity contribution in [1.82, 2.24) is 9.88 Å². The molecule has 0 radical (unpaired) electrons. The van der Waals surface area contributed by atoms with Gasteiger partial charge in [0.2, 0.25) is 0 Å². The molecule has 3 rings (SSSR count). The fourth-order valence-electron chi connectivity index (χ4n) is 3.00. The fourth-order valence-corrected chi connectivity index (χ4v) is 3.24. The third kappa shape index (κ3) is 6.34. The number of carbonyl (C=O) groups is 1. The molecule has 5 nitrogen and oxygen atoms in total. The van der Waals surface area contributed by atoms with Gasteiger partial charge in [0.1, 0.15) is 5.82 Å². The summed E-state index contributed by atoms with van der Waals surface area (Å²) in [7, 11) is 2.13. The van der Waals surface area contributed by atoms with E-state index in [4.69, 9.17) is 13.0 Å². The highest BCUT2D eigenvalue weighted by atomic mass is 35.5. The molecule has 1 N–H and O–H groups in total. The van der Waals surface area contributed by atoms with Crippen molar-refractivity contribution in [2.45, 2.75) is 19.1 Å². The van der Waals surface area contributed by atoms with Crippen LogP contribution in [0.3, 0.4) is 0 Å². The summed E-state index contributed by atoms with van der Waals surface area (Å²) in [5, 5.41) is 3.19. The Balaban J connectivity index is 0.000000785. The second-order valence-electron chi connectivity index (χ2n) is 6.51. The molecule has 30 heavy (non-hydrogen) atoms. The zero-order valence-corrected chi connectivity index (χ0v) is 18.2.